The second-order valence-electron chi connectivity index (χ2n) is 3.04. The molecule has 15 heavy (non-hydrogen) atoms. The number of phenols is 1. The molecule has 0 saturated carbocycles. The molecule has 1 atom stereocenters. The topological polar surface area (TPSA) is 87.0 Å². The van der Waals surface area contributed by atoms with Gasteiger partial charge in [0.25, 0.3) is 0 Å². The van der Waals surface area contributed by atoms with Gasteiger partial charge in [0, 0.05) is 7.11 Å². The van der Waals surface area contributed by atoms with Crippen LogP contribution in [0.5, 0.6) is 5.75 Å². The van der Waals surface area contributed by atoms with E-state index in [1.54, 1.807) is 0 Å². The molecule has 82 valence electrons. The lowest BCUT2D eigenvalue weighted by molar-refractivity contribution is -0.169. The third-order valence-electron chi connectivity index (χ3n) is 2.25. The number of hydrogen-bond donors (Lipinski definition) is 3. The highest BCUT2D eigenvalue weighted by Crippen LogP contribution is 2.26. The first-order valence-electron chi connectivity index (χ1n) is 4.25. The Morgan fingerprint density at radius 3 is 2.27 bits per heavy atom. The number of aliphatic hydroxyl groups is 1. The van der Waals surface area contributed by atoms with Gasteiger partial charge in [0.2, 0.25) is 5.60 Å². The van der Waals surface area contributed by atoms with Gasteiger partial charge in [-0.3, -0.25) is 0 Å². The molecule has 0 spiro atoms. The Balaban J connectivity index is 3.20. The Labute approximate surface area is 86.5 Å². The zero-order valence-corrected chi connectivity index (χ0v) is 8.17. The molecular weight excluding hydrogens is 200 g/mol. The van der Waals surface area contributed by atoms with Crippen LogP contribution >= 0.6 is 0 Å². The van der Waals surface area contributed by atoms with Gasteiger partial charge in [-0.15, -0.1) is 0 Å². The van der Waals surface area contributed by atoms with Crippen molar-refractivity contribution in [2.24, 2.45) is 0 Å². The summed E-state index contributed by atoms with van der Waals surface area (Å²) in [6, 6.07) is 5.45. The predicted molar refractivity (Wildman–Crippen MR) is 51.5 cm³/mol. The van der Waals surface area contributed by atoms with E-state index < -0.39 is 18.2 Å². The monoisotopic (exact) mass is 212 g/mol. The number of methoxy groups -OCH3 is 1. The van der Waals surface area contributed by atoms with Gasteiger partial charge in [-0.05, 0) is 17.7 Å². The van der Waals surface area contributed by atoms with E-state index in [1.165, 1.54) is 31.4 Å². The van der Waals surface area contributed by atoms with Gasteiger partial charge in [-0.25, -0.2) is 4.79 Å². The summed E-state index contributed by atoms with van der Waals surface area (Å²) in [5, 5.41) is 27.2. The van der Waals surface area contributed by atoms with Gasteiger partial charge < -0.3 is 20.1 Å². The maximum atomic E-state index is 11.0. The first kappa shape index (κ1) is 11.5. The maximum Gasteiger partial charge on any atom is 0.343 e. The molecule has 5 heteroatoms. The van der Waals surface area contributed by atoms with Crippen LogP contribution < -0.4 is 0 Å². The third kappa shape index (κ3) is 1.93. The highest BCUT2D eigenvalue weighted by Gasteiger charge is 2.40. The van der Waals surface area contributed by atoms with Crippen molar-refractivity contribution in [1.82, 2.24) is 0 Å². The van der Waals surface area contributed by atoms with E-state index >= 15 is 0 Å². The fraction of sp³-hybridized carbons (Fsp3) is 0.300. The number of rotatable bonds is 4. The molecule has 0 aromatic heterocycles. The third-order valence-corrected chi connectivity index (χ3v) is 2.25. The van der Waals surface area contributed by atoms with Crippen LogP contribution in [-0.2, 0) is 15.1 Å². The standard InChI is InChI=1S/C10H12O5/c1-15-10(6-11,9(13)14)7-2-4-8(12)5-3-7/h2-5,11-12H,6H2,1H3,(H,13,14). The highest BCUT2D eigenvalue weighted by molar-refractivity contribution is 5.79. The number of benzene rings is 1. The Hall–Kier alpha value is -1.59. The van der Waals surface area contributed by atoms with E-state index in [9.17, 15) is 4.79 Å². The summed E-state index contributed by atoms with van der Waals surface area (Å²) in [5.41, 5.74) is -1.49. The Morgan fingerprint density at radius 1 is 1.40 bits per heavy atom. The lowest BCUT2D eigenvalue weighted by Crippen LogP contribution is -2.41. The van der Waals surface area contributed by atoms with Gasteiger partial charge in [0.05, 0.1) is 6.61 Å². The predicted octanol–water partition coefficient (Wildman–Crippen LogP) is 0.311. The van der Waals surface area contributed by atoms with E-state index in [4.69, 9.17) is 20.1 Å². The van der Waals surface area contributed by atoms with Crippen molar-refractivity contribution in [2.45, 2.75) is 5.60 Å². The minimum absolute atomic E-state index is 0.0204. The molecule has 0 fully saturated rings. The molecule has 0 amide bonds. The molecule has 0 aliphatic heterocycles. The smallest absolute Gasteiger partial charge is 0.343 e. The van der Waals surface area contributed by atoms with Crippen molar-refractivity contribution in [3.8, 4) is 5.75 Å². The summed E-state index contributed by atoms with van der Waals surface area (Å²) >= 11 is 0. The van der Waals surface area contributed by atoms with Crippen LogP contribution in [0.1, 0.15) is 5.56 Å². The van der Waals surface area contributed by atoms with Gasteiger partial charge in [0.1, 0.15) is 5.75 Å². The second kappa shape index (κ2) is 4.29. The molecule has 0 aliphatic rings. The van der Waals surface area contributed by atoms with Crippen LogP contribution in [0.3, 0.4) is 0 Å². The van der Waals surface area contributed by atoms with E-state index in [1.807, 2.05) is 0 Å². The zero-order valence-electron chi connectivity index (χ0n) is 8.17. The maximum absolute atomic E-state index is 11.0. The molecule has 3 N–H and O–H groups in total. The molecule has 1 rings (SSSR count). The number of phenolic OH excluding ortho intramolecular Hbond substituents is 1. The van der Waals surface area contributed by atoms with Crippen LogP contribution in [0, 0.1) is 0 Å². The number of carboxylic acid groups (broad SMARTS) is 1. The number of carboxylic acids is 1. The van der Waals surface area contributed by atoms with Crippen LogP contribution in [-0.4, -0.2) is 35.0 Å². The number of aliphatic hydroxyl groups excluding tert-OH is 1. The van der Waals surface area contributed by atoms with E-state index in [0.717, 1.165) is 0 Å². The van der Waals surface area contributed by atoms with Crippen molar-refractivity contribution < 1.29 is 24.9 Å². The minimum atomic E-state index is -1.77. The van der Waals surface area contributed by atoms with Gasteiger partial charge in [0.15, 0.2) is 0 Å². The largest absolute Gasteiger partial charge is 0.508 e. The molecule has 0 radical (unpaired) electrons. The van der Waals surface area contributed by atoms with E-state index in [0.29, 0.717) is 0 Å². The van der Waals surface area contributed by atoms with Gasteiger partial charge in [-0.1, -0.05) is 12.1 Å². The number of ether oxygens (including phenoxy) is 1. The molecular formula is C10H12O5. The zero-order chi connectivity index (χ0) is 11.5. The lowest BCUT2D eigenvalue weighted by Gasteiger charge is -2.25. The van der Waals surface area contributed by atoms with Crippen LogP contribution in [0.4, 0.5) is 0 Å². The van der Waals surface area contributed by atoms with Crippen LogP contribution in [0.25, 0.3) is 0 Å². The summed E-state index contributed by atoms with van der Waals surface area (Å²) in [5.74, 6) is -1.26. The van der Waals surface area contributed by atoms with E-state index in [2.05, 4.69) is 0 Å². The first-order valence-corrected chi connectivity index (χ1v) is 4.25. The molecule has 0 bridgehead atoms. The average Bonchev–Trinajstić information content (AvgIpc) is 2.22. The van der Waals surface area contributed by atoms with Crippen LogP contribution in [0.15, 0.2) is 24.3 Å². The summed E-state index contributed by atoms with van der Waals surface area (Å²) in [6.45, 7) is -0.677. The minimum Gasteiger partial charge on any atom is -0.508 e. The molecule has 0 aliphatic carbocycles. The first-order chi connectivity index (χ1) is 7.06. The highest BCUT2D eigenvalue weighted by atomic mass is 16.5. The van der Waals surface area contributed by atoms with Gasteiger partial charge >= 0.3 is 5.97 Å². The number of carbonyl (C=O) groups is 1. The van der Waals surface area contributed by atoms with Crippen molar-refractivity contribution in [3.63, 3.8) is 0 Å². The van der Waals surface area contributed by atoms with Crippen molar-refractivity contribution in [2.75, 3.05) is 13.7 Å². The summed E-state index contributed by atoms with van der Waals surface area (Å²) < 4.78 is 4.84. The number of aromatic hydroxyl groups is 1. The normalized spacial score (nSPS) is 14.5. The van der Waals surface area contributed by atoms with Crippen molar-refractivity contribution in [3.05, 3.63) is 29.8 Å². The molecule has 1 aromatic rings. The van der Waals surface area contributed by atoms with E-state index in [-0.39, 0.29) is 11.3 Å². The fourth-order valence-electron chi connectivity index (χ4n) is 1.28. The molecule has 0 saturated heterocycles. The SMILES string of the molecule is COC(CO)(C(=O)O)c1ccc(O)cc1. The molecule has 1 unspecified atom stereocenters. The fourth-order valence-corrected chi connectivity index (χ4v) is 1.28. The van der Waals surface area contributed by atoms with Crippen molar-refractivity contribution >= 4 is 5.97 Å². The Kier molecular flexibility index (Phi) is 3.28. The molecule has 0 heterocycles. The molecule has 1 aromatic carbocycles. The van der Waals surface area contributed by atoms with Gasteiger partial charge in [-0.2, -0.15) is 0 Å². The summed E-state index contributed by atoms with van der Waals surface area (Å²) in [7, 11) is 1.21. The second-order valence-corrected chi connectivity index (χ2v) is 3.04. The summed E-state index contributed by atoms with van der Waals surface area (Å²) in [6.07, 6.45) is 0. The Morgan fingerprint density at radius 2 is 1.93 bits per heavy atom. The van der Waals surface area contributed by atoms with Crippen LogP contribution in [0.2, 0.25) is 0 Å². The average molecular weight is 212 g/mol. The number of hydrogen-bond acceptors (Lipinski definition) is 4. The quantitative estimate of drug-likeness (QED) is 0.668. The number of aliphatic carboxylic acids is 1. The molecule has 5 nitrogen and oxygen atoms in total. The Bertz CT molecular complexity index is 339. The summed E-state index contributed by atoms with van der Waals surface area (Å²) in [4.78, 5) is 11.0. The lowest BCUT2D eigenvalue weighted by atomic mass is 9.94. The van der Waals surface area contributed by atoms with Crippen molar-refractivity contribution in [1.29, 1.82) is 0 Å².